The first-order valence-corrected chi connectivity index (χ1v) is 10.2. The van der Waals surface area contributed by atoms with Crippen molar-refractivity contribution < 1.29 is 9.18 Å². The van der Waals surface area contributed by atoms with E-state index >= 15 is 0 Å². The van der Waals surface area contributed by atoms with Gasteiger partial charge >= 0.3 is 0 Å². The summed E-state index contributed by atoms with van der Waals surface area (Å²) < 4.78 is 15.7. The fraction of sp³-hybridized carbons (Fsp3) is 0.261. The van der Waals surface area contributed by atoms with E-state index in [2.05, 4.69) is 38.1 Å². The molecule has 152 valence electrons. The van der Waals surface area contributed by atoms with E-state index in [1.54, 1.807) is 18.3 Å². The van der Waals surface area contributed by atoms with Crippen molar-refractivity contribution in [2.24, 2.45) is 5.92 Å². The van der Waals surface area contributed by atoms with Crippen LogP contribution in [0.5, 0.6) is 0 Å². The van der Waals surface area contributed by atoms with E-state index in [0.717, 1.165) is 41.5 Å². The number of nitrogens with one attached hydrogen (secondary N) is 1. The molecule has 0 spiro atoms. The van der Waals surface area contributed by atoms with Crippen LogP contribution in [0.2, 0.25) is 0 Å². The number of aromatic amines is 1. The molecule has 0 radical (unpaired) electrons. The lowest BCUT2D eigenvalue weighted by Gasteiger charge is -2.32. The number of fused-ring (bicyclic) bond motifs is 1. The maximum atomic E-state index is 13.4. The number of H-pyrrole nitrogens is 1. The van der Waals surface area contributed by atoms with Crippen LogP contribution in [0.15, 0.2) is 61.2 Å². The number of hydrogen-bond acceptors (Lipinski definition) is 3. The average Bonchev–Trinajstić information content (AvgIpc) is 3.44. The van der Waals surface area contributed by atoms with E-state index in [0.29, 0.717) is 24.6 Å². The van der Waals surface area contributed by atoms with Crippen LogP contribution in [0.3, 0.4) is 0 Å². The Morgan fingerprint density at radius 2 is 2.03 bits per heavy atom. The molecule has 4 heterocycles. The number of piperidine rings is 1. The van der Waals surface area contributed by atoms with Crippen LogP contribution >= 0.6 is 0 Å². The van der Waals surface area contributed by atoms with E-state index < -0.39 is 0 Å². The minimum absolute atomic E-state index is 0.0876. The summed E-state index contributed by atoms with van der Waals surface area (Å²) in [6.07, 6.45) is 9.49. The third-order valence-corrected chi connectivity index (χ3v) is 5.88. The number of nitrogens with zero attached hydrogens (tertiary/aromatic N) is 4. The predicted octanol–water partition coefficient (Wildman–Crippen LogP) is 4.12. The number of aromatic nitrogens is 4. The molecule has 0 unspecified atom stereocenters. The van der Waals surface area contributed by atoms with Gasteiger partial charge in [0, 0.05) is 48.5 Å². The quantitative estimate of drug-likeness (QED) is 0.557. The third-order valence-electron chi connectivity index (χ3n) is 5.88. The van der Waals surface area contributed by atoms with Gasteiger partial charge in [-0.05, 0) is 49.1 Å². The van der Waals surface area contributed by atoms with Gasteiger partial charge in [-0.2, -0.15) is 5.10 Å². The summed E-state index contributed by atoms with van der Waals surface area (Å²) >= 11 is 0. The molecule has 0 atom stereocenters. The molecule has 30 heavy (non-hydrogen) atoms. The molecule has 0 aliphatic carbocycles. The monoisotopic (exact) mass is 403 g/mol. The minimum Gasteiger partial charge on any atom is -0.346 e. The molecule has 7 heteroatoms. The number of amides is 1. The summed E-state index contributed by atoms with van der Waals surface area (Å²) in [5.74, 6) is 0.0285. The molecule has 1 aliphatic rings. The molecule has 6 nitrogen and oxygen atoms in total. The first-order chi connectivity index (χ1) is 14.7. The Hall–Kier alpha value is -3.48. The maximum Gasteiger partial charge on any atom is 0.253 e. The SMILES string of the molecule is O=C(c1cccc(F)c1)N1CCC(Cn2ccc3cc(-c4cn[nH]c4)ncc32)CC1. The van der Waals surface area contributed by atoms with Gasteiger partial charge < -0.3 is 9.47 Å². The highest BCUT2D eigenvalue weighted by molar-refractivity contribution is 5.94. The Labute approximate surface area is 173 Å². The second kappa shape index (κ2) is 7.74. The first kappa shape index (κ1) is 18.5. The van der Waals surface area contributed by atoms with Crippen molar-refractivity contribution in [3.63, 3.8) is 0 Å². The van der Waals surface area contributed by atoms with Gasteiger partial charge in [0.2, 0.25) is 0 Å². The zero-order chi connectivity index (χ0) is 20.5. The van der Waals surface area contributed by atoms with Crippen LogP contribution in [-0.2, 0) is 6.54 Å². The fourth-order valence-electron chi connectivity index (χ4n) is 4.20. The van der Waals surface area contributed by atoms with Gasteiger partial charge in [0.15, 0.2) is 0 Å². The zero-order valence-electron chi connectivity index (χ0n) is 16.5. The number of likely N-dealkylation sites (tertiary alicyclic amines) is 1. The van der Waals surface area contributed by atoms with Crippen molar-refractivity contribution in [1.82, 2.24) is 24.6 Å². The van der Waals surface area contributed by atoms with Gasteiger partial charge in [-0.1, -0.05) is 6.07 Å². The van der Waals surface area contributed by atoms with E-state index in [1.165, 1.54) is 12.1 Å². The number of hydrogen-bond donors (Lipinski definition) is 1. The van der Waals surface area contributed by atoms with Gasteiger partial charge in [-0.3, -0.25) is 14.9 Å². The summed E-state index contributed by atoms with van der Waals surface area (Å²) in [7, 11) is 0. The number of rotatable bonds is 4. The molecule has 0 saturated carbocycles. The molecule has 4 aromatic rings. The Morgan fingerprint density at radius 1 is 1.17 bits per heavy atom. The number of benzene rings is 1. The van der Waals surface area contributed by atoms with Gasteiger partial charge in [0.25, 0.3) is 5.91 Å². The summed E-state index contributed by atoms with van der Waals surface area (Å²) in [6.45, 7) is 2.29. The van der Waals surface area contributed by atoms with Crippen LogP contribution in [-0.4, -0.2) is 43.6 Å². The Kier molecular flexibility index (Phi) is 4.78. The number of carbonyl (C=O) groups is 1. The molecule has 1 N–H and O–H groups in total. The number of carbonyl (C=O) groups excluding carboxylic acids is 1. The van der Waals surface area contributed by atoms with E-state index in [1.807, 2.05) is 17.3 Å². The van der Waals surface area contributed by atoms with Crippen LogP contribution in [0, 0.1) is 11.7 Å². The highest BCUT2D eigenvalue weighted by Gasteiger charge is 2.24. The largest absolute Gasteiger partial charge is 0.346 e. The van der Waals surface area contributed by atoms with Crippen LogP contribution in [0.25, 0.3) is 22.2 Å². The van der Waals surface area contributed by atoms with E-state index in [4.69, 9.17) is 0 Å². The summed E-state index contributed by atoms with van der Waals surface area (Å²) in [6, 6.07) is 10.1. The summed E-state index contributed by atoms with van der Waals surface area (Å²) in [5.41, 5.74) is 3.41. The molecule has 5 rings (SSSR count). The predicted molar refractivity (Wildman–Crippen MR) is 112 cm³/mol. The summed E-state index contributed by atoms with van der Waals surface area (Å²) in [4.78, 5) is 19.0. The fourth-order valence-corrected chi connectivity index (χ4v) is 4.20. The summed E-state index contributed by atoms with van der Waals surface area (Å²) in [5, 5.41) is 7.96. The molecule has 1 aromatic carbocycles. The smallest absolute Gasteiger partial charge is 0.253 e. The molecule has 1 aliphatic heterocycles. The number of halogens is 1. The molecule has 1 saturated heterocycles. The minimum atomic E-state index is -0.375. The van der Waals surface area contributed by atoms with Gasteiger partial charge in [0.1, 0.15) is 5.82 Å². The van der Waals surface area contributed by atoms with Crippen LogP contribution in [0.4, 0.5) is 4.39 Å². The van der Waals surface area contributed by atoms with E-state index in [-0.39, 0.29) is 11.7 Å². The molecule has 1 amide bonds. The second-order valence-electron chi connectivity index (χ2n) is 7.83. The molecule has 1 fully saturated rings. The third kappa shape index (κ3) is 3.58. The average molecular weight is 403 g/mol. The lowest BCUT2D eigenvalue weighted by Crippen LogP contribution is -2.39. The molecule has 3 aromatic heterocycles. The second-order valence-corrected chi connectivity index (χ2v) is 7.83. The first-order valence-electron chi connectivity index (χ1n) is 10.2. The number of pyridine rings is 1. The Balaban J connectivity index is 1.24. The van der Waals surface area contributed by atoms with Crippen molar-refractivity contribution >= 4 is 16.8 Å². The lowest BCUT2D eigenvalue weighted by molar-refractivity contribution is 0.0683. The normalized spacial score (nSPS) is 15.0. The molecule has 0 bridgehead atoms. The highest BCUT2D eigenvalue weighted by atomic mass is 19.1. The topological polar surface area (TPSA) is 66.8 Å². The van der Waals surface area contributed by atoms with Gasteiger partial charge in [-0.15, -0.1) is 0 Å². The highest BCUT2D eigenvalue weighted by Crippen LogP contribution is 2.26. The molecular formula is C23H22FN5O. The lowest BCUT2D eigenvalue weighted by atomic mass is 9.96. The molecular weight excluding hydrogens is 381 g/mol. The Morgan fingerprint density at radius 3 is 2.80 bits per heavy atom. The standard InChI is InChI=1S/C23H22FN5O/c24-20-3-1-2-18(10-20)23(30)28-7-4-16(5-8-28)15-29-9-6-17-11-21(25-14-22(17)29)19-12-26-27-13-19/h1-3,6,9-14,16H,4-5,7-8,15H2,(H,26,27). The van der Waals surface area contributed by atoms with Crippen molar-refractivity contribution in [3.05, 3.63) is 72.6 Å². The zero-order valence-corrected chi connectivity index (χ0v) is 16.5. The Bertz CT molecular complexity index is 1180. The van der Waals surface area contributed by atoms with Crippen LogP contribution in [0.1, 0.15) is 23.2 Å². The van der Waals surface area contributed by atoms with Gasteiger partial charge in [0.05, 0.1) is 23.6 Å². The van der Waals surface area contributed by atoms with E-state index in [9.17, 15) is 9.18 Å². The van der Waals surface area contributed by atoms with Crippen molar-refractivity contribution in [3.8, 4) is 11.3 Å². The van der Waals surface area contributed by atoms with Crippen molar-refractivity contribution in [1.29, 1.82) is 0 Å². The van der Waals surface area contributed by atoms with Crippen molar-refractivity contribution in [2.45, 2.75) is 19.4 Å². The van der Waals surface area contributed by atoms with Crippen LogP contribution < -0.4 is 0 Å². The van der Waals surface area contributed by atoms with Gasteiger partial charge in [-0.25, -0.2) is 4.39 Å². The van der Waals surface area contributed by atoms with Crippen molar-refractivity contribution in [2.75, 3.05) is 13.1 Å². The maximum absolute atomic E-state index is 13.4.